The Morgan fingerprint density at radius 3 is 2.94 bits per heavy atom. The van der Waals surface area contributed by atoms with Crippen LogP contribution in [-0.2, 0) is 11.3 Å². The smallest absolute Gasteiger partial charge is 0.220 e. The van der Waals surface area contributed by atoms with Crippen molar-refractivity contribution in [2.75, 3.05) is 6.54 Å². The minimum atomic E-state index is 0.137. The van der Waals surface area contributed by atoms with Crippen LogP contribution in [0, 0.1) is 5.41 Å². The summed E-state index contributed by atoms with van der Waals surface area (Å²) in [5, 5.41) is 11.1. The van der Waals surface area contributed by atoms with Gasteiger partial charge in [-0.1, -0.05) is 24.3 Å². The van der Waals surface area contributed by atoms with Gasteiger partial charge in [-0.05, 0) is 12.0 Å². The van der Waals surface area contributed by atoms with Gasteiger partial charge < -0.3 is 10.2 Å². The van der Waals surface area contributed by atoms with E-state index >= 15 is 0 Å². The monoisotopic (exact) mass is 229 g/mol. The average molecular weight is 229 g/mol. The van der Waals surface area contributed by atoms with Crippen molar-refractivity contribution in [1.29, 1.82) is 5.41 Å². The van der Waals surface area contributed by atoms with E-state index in [9.17, 15) is 4.79 Å². The van der Waals surface area contributed by atoms with Crippen LogP contribution in [0.15, 0.2) is 24.3 Å². The lowest BCUT2D eigenvalue weighted by atomic mass is 10.1. The number of carbonyl (C=O) groups excluding carboxylic acids is 1. The lowest BCUT2D eigenvalue weighted by molar-refractivity contribution is -0.119. The molecule has 17 heavy (non-hydrogen) atoms. The molecule has 0 saturated carbocycles. The summed E-state index contributed by atoms with van der Waals surface area (Å²) in [5.74, 6) is 0.722. The Morgan fingerprint density at radius 1 is 1.41 bits per heavy atom. The normalized spacial score (nSPS) is 22.8. The molecule has 0 aromatic heterocycles. The van der Waals surface area contributed by atoms with E-state index in [1.54, 1.807) is 0 Å². The summed E-state index contributed by atoms with van der Waals surface area (Å²) in [5.41, 5.74) is 2.23. The molecule has 4 nitrogen and oxygen atoms in total. The van der Waals surface area contributed by atoms with Gasteiger partial charge in [0.25, 0.3) is 0 Å². The molecule has 2 aliphatic rings. The van der Waals surface area contributed by atoms with Crippen molar-refractivity contribution in [3.63, 3.8) is 0 Å². The molecule has 1 saturated heterocycles. The number of fused-ring (bicyclic) bond motifs is 1. The van der Waals surface area contributed by atoms with Crippen LogP contribution in [0.1, 0.15) is 24.0 Å². The minimum Gasteiger partial charge on any atom is -0.352 e. The Bertz CT molecular complexity index is 483. The van der Waals surface area contributed by atoms with Crippen LogP contribution in [-0.4, -0.2) is 29.2 Å². The van der Waals surface area contributed by atoms with Gasteiger partial charge in [-0.3, -0.25) is 10.2 Å². The molecule has 2 heterocycles. The lowest BCUT2D eigenvalue weighted by Gasteiger charge is -2.21. The Labute approximate surface area is 100 Å². The second-order valence-electron chi connectivity index (χ2n) is 4.69. The zero-order valence-corrected chi connectivity index (χ0v) is 9.57. The summed E-state index contributed by atoms with van der Waals surface area (Å²) in [6.45, 7) is 1.54. The lowest BCUT2D eigenvalue weighted by Crippen LogP contribution is -2.38. The second kappa shape index (κ2) is 3.87. The maximum Gasteiger partial charge on any atom is 0.220 e. The van der Waals surface area contributed by atoms with Gasteiger partial charge in [0, 0.05) is 31.1 Å². The number of hydrogen-bond acceptors (Lipinski definition) is 2. The molecule has 1 aromatic rings. The zero-order valence-electron chi connectivity index (χ0n) is 9.57. The van der Waals surface area contributed by atoms with Gasteiger partial charge in [-0.15, -0.1) is 0 Å². The summed E-state index contributed by atoms with van der Waals surface area (Å²) in [4.78, 5) is 13.2. The predicted octanol–water partition coefficient (Wildman–Crippen LogP) is 1.11. The third-order valence-electron chi connectivity index (χ3n) is 3.48. The highest BCUT2D eigenvalue weighted by Gasteiger charge is 2.28. The van der Waals surface area contributed by atoms with Crippen molar-refractivity contribution in [2.45, 2.75) is 25.4 Å². The highest BCUT2D eigenvalue weighted by molar-refractivity contribution is 6.00. The molecule has 1 aromatic carbocycles. The molecule has 1 unspecified atom stereocenters. The highest BCUT2D eigenvalue weighted by Crippen LogP contribution is 2.23. The maximum absolute atomic E-state index is 11.1. The van der Waals surface area contributed by atoms with Crippen LogP contribution >= 0.6 is 0 Å². The van der Waals surface area contributed by atoms with Gasteiger partial charge >= 0.3 is 0 Å². The fourth-order valence-electron chi connectivity index (χ4n) is 2.58. The van der Waals surface area contributed by atoms with Gasteiger partial charge in [0.2, 0.25) is 5.91 Å². The van der Waals surface area contributed by atoms with Crippen LogP contribution in [0.4, 0.5) is 0 Å². The largest absolute Gasteiger partial charge is 0.352 e. The molecule has 0 radical (unpaired) electrons. The number of nitrogens with one attached hydrogen (secondary N) is 2. The first-order chi connectivity index (χ1) is 8.24. The summed E-state index contributed by atoms with van der Waals surface area (Å²) in [6, 6.07) is 8.24. The van der Waals surface area contributed by atoms with Crippen molar-refractivity contribution in [3.8, 4) is 0 Å². The molecular formula is C13H15N3O. The van der Waals surface area contributed by atoms with Gasteiger partial charge in [0.05, 0.1) is 0 Å². The van der Waals surface area contributed by atoms with Crippen molar-refractivity contribution < 1.29 is 4.79 Å². The molecule has 0 bridgehead atoms. The first-order valence-electron chi connectivity index (χ1n) is 5.95. The SMILES string of the molecule is N=C1c2ccccc2CN1CC1CCC(=O)N1. The maximum atomic E-state index is 11.1. The number of amidine groups is 1. The molecule has 88 valence electrons. The van der Waals surface area contributed by atoms with E-state index in [4.69, 9.17) is 5.41 Å². The van der Waals surface area contributed by atoms with Gasteiger partial charge in [0.15, 0.2) is 0 Å². The van der Waals surface area contributed by atoms with E-state index < -0.39 is 0 Å². The van der Waals surface area contributed by atoms with Gasteiger partial charge in [-0.2, -0.15) is 0 Å². The molecule has 4 heteroatoms. The Kier molecular flexibility index (Phi) is 2.35. The molecule has 2 aliphatic heterocycles. The summed E-state index contributed by atoms with van der Waals surface area (Å²) < 4.78 is 0. The van der Waals surface area contributed by atoms with Crippen LogP contribution in [0.25, 0.3) is 0 Å². The fourth-order valence-corrected chi connectivity index (χ4v) is 2.58. The number of benzene rings is 1. The standard InChI is InChI=1S/C13H15N3O/c14-13-11-4-2-1-3-9(11)7-16(13)8-10-5-6-12(17)15-10/h1-4,10,14H,5-8H2,(H,15,17). The van der Waals surface area contributed by atoms with E-state index in [-0.39, 0.29) is 11.9 Å². The van der Waals surface area contributed by atoms with Crippen molar-refractivity contribution in [1.82, 2.24) is 10.2 Å². The fraction of sp³-hybridized carbons (Fsp3) is 0.385. The first kappa shape index (κ1) is 10.3. The van der Waals surface area contributed by atoms with Crippen LogP contribution < -0.4 is 5.32 Å². The second-order valence-corrected chi connectivity index (χ2v) is 4.69. The number of hydrogen-bond donors (Lipinski definition) is 2. The molecule has 1 amide bonds. The van der Waals surface area contributed by atoms with Gasteiger partial charge in [-0.25, -0.2) is 0 Å². The first-order valence-corrected chi connectivity index (χ1v) is 5.95. The number of nitrogens with zero attached hydrogens (tertiary/aromatic N) is 1. The Hall–Kier alpha value is -1.84. The van der Waals surface area contributed by atoms with Crippen LogP contribution in [0.3, 0.4) is 0 Å². The van der Waals surface area contributed by atoms with Crippen molar-refractivity contribution in [3.05, 3.63) is 35.4 Å². The zero-order chi connectivity index (χ0) is 11.8. The summed E-state index contributed by atoms with van der Waals surface area (Å²) in [7, 11) is 0. The summed E-state index contributed by atoms with van der Waals surface area (Å²) in [6.07, 6.45) is 1.51. The Morgan fingerprint density at radius 2 is 2.24 bits per heavy atom. The average Bonchev–Trinajstić information content (AvgIpc) is 2.86. The number of carbonyl (C=O) groups is 1. The minimum absolute atomic E-state index is 0.137. The number of amides is 1. The molecule has 1 atom stereocenters. The van der Waals surface area contributed by atoms with E-state index in [1.807, 2.05) is 23.1 Å². The van der Waals surface area contributed by atoms with Gasteiger partial charge in [0.1, 0.15) is 5.84 Å². The summed E-state index contributed by atoms with van der Waals surface area (Å²) >= 11 is 0. The molecule has 1 fully saturated rings. The molecular weight excluding hydrogens is 214 g/mol. The molecule has 0 aliphatic carbocycles. The molecule has 3 rings (SSSR count). The quantitative estimate of drug-likeness (QED) is 0.798. The molecule has 0 spiro atoms. The highest BCUT2D eigenvalue weighted by atomic mass is 16.1. The Balaban J connectivity index is 1.72. The topological polar surface area (TPSA) is 56.2 Å². The number of rotatable bonds is 2. The van der Waals surface area contributed by atoms with E-state index in [1.165, 1.54) is 5.56 Å². The molecule has 2 N–H and O–H groups in total. The van der Waals surface area contributed by atoms with Crippen molar-refractivity contribution in [2.24, 2.45) is 0 Å². The van der Waals surface area contributed by atoms with Crippen LogP contribution in [0.5, 0.6) is 0 Å². The van der Waals surface area contributed by atoms with Crippen LogP contribution in [0.2, 0.25) is 0 Å². The predicted molar refractivity (Wildman–Crippen MR) is 64.8 cm³/mol. The third kappa shape index (κ3) is 1.79. The van der Waals surface area contributed by atoms with E-state index in [0.29, 0.717) is 12.3 Å². The van der Waals surface area contributed by atoms with Crippen molar-refractivity contribution >= 4 is 11.7 Å². The van der Waals surface area contributed by atoms with E-state index in [0.717, 1.165) is 25.1 Å². The van der Waals surface area contributed by atoms with E-state index in [2.05, 4.69) is 11.4 Å². The third-order valence-corrected chi connectivity index (χ3v) is 3.48.